The van der Waals surface area contributed by atoms with Crippen molar-refractivity contribution >= 4 is 11.7 Å². The summed E-state index contributed by atoms with van der Waals surface area (Å²) in [4.78, 5) is 24.7. The van der Waals surface area contributed by atoms with E-state index in [-0.39, 0.29) is 0 Å². The summed E-state index contributed by atoms with van der Waals surface area (Å²) in [7, 11) is 0. The van der Waals surface area contributed by atoms with Gasteiger partial charge in [0.15, 0.2) is 5.82 Å². The van der Waals surface area contributed by atoms with E-state index in [1.54, 1.807) is 18.3 Å². The number of hydrogen-bond acceptors (Lipinski definition) is 7. The van der Waals surface area contributed by atoms with Crippen molar-refractivity contribution < 1.29 is 9.32 Å². The van der Waals surface area contributed by atoms with Gasteiger partial charge in [-0.25, -0.2) is 4.98 Å². The Morgan fingerprint density at radius 2 is 2.08 bits per heavy atom. The zero-order chi connectivity index (χ0) is 16.5. The number of hydrogen-bond donors (Lipinski definition) is 1. The molecule has 8 nitrogen and oxygen atoms in total. The number of nitrogens with zero attached hydrogens (tertiary/aromatic N) is 5. The molecule has 1 aliphatic heterocycles. The molecule has 2 N–H and O–H groups in total. The van der Waals surface area contributed by atoms with Crippen LogP contribution in [0.5, 0.6) is 0 Å². The van der Waals surface area contributed by atoms with Crippen LogP contribution in [0.1, 0.15) is 40.8 Å². The van der Waals surface area contributed by atoms with Gasteiger partial charge < -0.3 is 15.2 Å². The second kappa shape index (κ2) is 6.20. The van der Waals surface area contributed by atoms with Gasteiger partial charge in [-0.2, -0.15) is 4.98 Å². The van der Waals surface area contributed by atoms with Crippen molar-refractivity contribution in [1.82, 2.24) is 20.0 Å². The minimum absolute atomic E-state index is 0.445. The number of nitrogens with two attached hydrogens (primary N) is 1. The number of primary amides is 1. The first kappa shape index (κ1) is 15.1. The van der Waals surface area contributed by atoms with E-state index in [9.17, 15) is 4.79 Å². The second-order valence-electron chi connectivity index (χ2n) is 6.33. The molecule has 2 aromatic heterocycles. The first-order valence-electron chi connectivity index (χ1n) is 8.25. The number of rotatable bonds is 5. The maximum absolute atomic E-state index is 11.6. The molecular weight excluding hydrogens is 308 g/mol. The van der Waals surface area contributed by atoms with Gasteiger partial charge in [-0.3, -0.25) is 9.69 Å². The minimum atomic E-state index is -0.445. The van der Waals surface area contributed by atoms with Gasteiger partial charge in [-0.05, 0) is 25.0 Å². The Balaban J connectivity index is 1.37. The van der Waals surface area contributed by atoms with Crippen LogP contribution >= 0.6 is 0 Å². The molecule has 4 rings (SSSR count). The van der Waals surface area contributed by atoms with Crippen molar-refractivity contribution in [2.75, 3.05) is 31.1 Å². The summed E-state index contributed by atoms with van der Waals surface area (Å²) in [5.41, 5.74) is 5.91. The summed E-state index contributed by atoms with van der Waals surface area (Å²) < 4.78 is 5.30. The summed E-state index contributed by atoms with van der Waals surface area (Å²) in [6, 6.07) is 3.45. The molecule has 8 heteroatoms. The van der Waals surface area contributed by atoms with Gasteiger partial charge in [0, 0.05) is 38.3 Å². The summed E-state index contributed by atoms with van der Waals surface area (Å²) in [5, 5.41) is 4.07. The Hall–Kier alpha value is -2.48. The highest BCUT2D eigenvalue weighted by Crippen LogP contribution is 2.38. The Labute approximate surface area is 139 Å². The summed E-state index contributed by atoms with van der Waals surface area (Å²) in [6.45, 7) is 3.95. The molecule has 0 atom stereocenters. The Morgan fingerprint density at radius 3 is 2.79 bits per heavy atom. The highest BCUT2D eigenvalue weighted by molar-refractivity contribution is 5.97. The lowest BCUT2D eigenvalue weighted by Crippen LogP contribution is -2.47. The lowest BCUT2D eigenvalue weighted by atomic mass is 10.2. The number of carbonyl (C=O) groups excluding carboxylic acids is 1. The highest BCUT2D eigenvalue weighted by atomic mass is 16.5. The van der Waals surface area contributed by atoms with E-state index < -0.39 is 5.91 Å². The van der Waals surface area contributed by atoms with Crippen LogP contribution in [-0.4, -0.2) is 52.1 Å². The predicted molar refractivity (Wildman–Crippen MR) is 86.5 cm³/mol. The van der Waals surface area contributed by atoms with Gasteiger partial charge in [-0.15, -0.1) is 0 Å². The molecule has 2 aromatic rings. The summed E-state index contributed by atoms with van der Waals surface area (Å²) in [5.74, 6) is 2.24. The zero-order valence-electron chi connectivity index (χ0n) is 13.4. The van der Waals surface area contributed by atoms with Crippen LogP contribution in [-0.2, 0) is 6.54 Å². The van der Waals surface area contributed by atoms with Crippen LogP contribution in [0.15, 0.2) is 22.9 Å². The fourth-order valence-electron chi connectivity index (χ4n) is 2.99. The molecule has 0 radical (unpaired) electrons. The molecule has 126 valence electrons. The fourth-order valence-corrected chi connectivity index (χ4v) is 2.99. The molecule has 0 aromatic carbocycles. The monoisotopic (exact) mass is 328 g/mol. The molecule has 24 heavy (non-hydrogen) atoms. The van der Waals surface area contributed by atoms with Crippen molar-refractivity contribution in [3.63, 3.8) is 0 Å². The van der Waals surface area contributed by atoms with Crippen LogP contribution in [0.25, 0.3) is 0 Å². The van der Waals surface area contributed by atoms with Crippen molar-refractivity contribution in [3.05, 3.63) is 35.6 Å². The third-order valence-electron chi connectivity index (χ3n) is 4.50. The third kappa shape index (κ3) is 3.09. The lowest BCUT2D eigenvalue weighted by Gasteiger charge is -2.35. The smallest absolute Gasteiger partial charge is 0.252 e. The average Bonchev–Trinajstić information content (AvgIpc) is 3.35. The van der Waals surface area contributed by atoms with Crippen molar-refractivity contribution in [2.24, 2.45) is 5.73 Å². The van der Waals surface area contributed by atoms with E-state index in [2.05, 4.69) is 24.9 Å². The molecule has 0 unspecified atom stereocenters. The standard InChI is InChI=1S/C16H20N6O2/c17-14(23)12-2-1-5-18-15(12)22-8-6-21(7-9-22)10-13-19-16(24-20-13)11-3-4-11/h1-2,5,11H,3-4,6-10H2,(H2,17,23). The van der Waals surface area contributed by atoms with Crippen LogP contribution in [0.2, 0.25) is 0 Å². The molecule has 2 fully saturated rings. The zero-order valence-corrected chi connectivity index (χ0v) is 13.4. The Kier molecular flexibility index (Phi) is 3.89. The lowest BCUT2D eigenvalue weighted by molar-refractivity contribution is 0.1000. The fraction of sp³-hybridized carbons (Fsp3) is 0.500. The molecule has 1 saturated heterocycles. The number of anilines is 1. The second-order valence-corrected chi connectivity index (χ2v) is 6.33. The normalized spacial score (nSPS) is 18.8. The van der Waals surface area contributed by atoms with E-state index in [4.69, 9.17) is 10.3 Å². The van der Waals surface area contributed by atoms with Crippen molar-refractivity contribution in [1.29, 1.82) is 0 Å². The van der Waals surface area contributed by atoms with Crippen LogP contribution in [0.4, 0.5) is 5.82 Å². The molecule has 2 aliphatic rings. The van der Waals surface area contributed by atoms with Gasteiger partial charge >= 0.3 is 0 Å². The maximum Gasteiger partial charge on any atom is 0.252 e. The predicted octanol–water partition coefficient (Wildman–Crippen LogP) is 0.763. The van der Waals surface area contributed by atoms with E-state index in [0.717, 1.165) is 50.7 Å². The third-order valence-corrected chi connectivity index (χ3v) is 4.50. The molecule has 1 aliphatic carbocycles. The van der Waals surface area contributed by atoms with Crippen LogP contribution in [0.3, 0.4) is 0 Å². The van der Waals surface area contributed by atoms with Gasteiger partial charge in [0.2, 0.25) is 5.89 Å². The topological polar surface area (TPSA) is 101 Å². The Bertz CT molecular complexity index is 734. The summed E-state index contributed by atoms with van der Waals surface area (Å²) >= 11 is 0. The summed E-state index contributed by atoms with van der Waals surface area (Å²) in [6.07, 6.45) is 4.01. The van der Waals surface area contributed by atoms with Gasteiger partial charge in [0.05, 0.1) is 12.1 Å². The maximum atomic E-state index is 11.6. The van der Waals surface area contributed by atoms with E-state index >= 15 is 0 Å². The Morgan fingerprint density at radius 1 is 1.29 bits per heavy atom. The van der Waals surface area contributed by atoms with Crippen molar-refractivity contribution in [2.45, 2.75) is 25.3 Å². The average molecular weight is 328 g/mol. The molecular formula is C16H20N6O2. The number of aromatic nitrogens is 3. The molecule has 0 spiro atoms. The highest BCUT2D eigenvalue weighted by Gasteiger charge is 2.30. The van der Waals surface area contributed by atoms with Gasteiger partial charge in [0.1, 0.15) is 5.82 Å². The van der Waals surface area contributed by atoms with E-state index in [0.29, 0.717) is 23.8 Å². The number of amides is 1. The SMILES string of the molecule is NC(=O)c1cccnc1N1CCN(Cc2noc(C3CC3)n2)CC1. The first-order chi connectivity index (χ1) is 11.7. The van der Waals surface area contributed by atoms with E-state index in [1.165, 1.54) is 0 Å². The largest absolute Gasteiger partial charge is 0.365 e. The number of carbonyl (C=O) groups is 1. The quantitative estimate of drug-likeness (QED) is 0.864. The first-order valence-corrected chi connectivity index (χ1v) is 8.25. The van der Waals surface area contributed by atoms with Gasteiger partial charge in [0.25, 0.3) is 5.91 Å². The molecule has 0 bridgehead atoms. The minimum Gasteiger partial charge on any atom is -0.365 e. The molecule has 1 amide bonds. The van der Waals surface area contributed by atoms with Gasteiger partial charge in [-0.1, -0.05) is 5.16 Å². The number of piperazine rings is 1. The van der Waals surface area contributed by atoms with Crippen LogP contribution < -0.4 is 10.6 Å². The molecule has 3 heterocycles. The number of pyridine rings is 1. The molecule has 1 saturated carbocycles. The van der Waals surface area contributed by atoms with E-state index in [1.807, 2.05) is 0 Å². The van der Waals surface area contributed by atoms with Crippen LogP contribution in [0, 0.1) is 0 Å². The van der Waals surface area contributed by atoms with Crippen molar-refractivity contribution in [3.8, 4) is 0 Å².